The van der Waals surface area contributed by atoms with Gasteiger partial charge in [-0.05, 0) is 26.0 Å². The van der Waals surface area contributed by atoms with Gasteiger partial charge in [0, 0.05) is 23.7 Å². The van der Waals surface area contributed by atoms with Crippen molar-refractivity contribution in [3.63, 3.8) is 0 Å². The standard InChI is InChI=1S/C10H16OS/c1-3-12(4-2)10-7-5-9(11)6-8-10/h5,7H,3-4,6,8H2,1-2H3/p+1. The molecule has 68 valence electrons. The Morgan fingerprint density at radius 3 is 2.33 bits per heavy atom. The average molecular weight is 185 g/mol. The van der Waals surface area contributed by atoms with Crippen molar-refractivity contribution in [3.8, 4) is 0 Å². The van der Waals surface area contributed by atoms with Crippen molar-refractivity contribution in [3.05, 3.63) is 22.8 Å². The molecule has 1 nitrogen and oxygen atoms in total. The minimum atomic E-state index is 0.466. The van der Waals surface area contributed by atoms with Crippen molar-refractivity contribution in [1.82, 2.24) is 0 Å². The molecule has 0 spiro atoms. The summed E-state index contributed by atoms with van der Waals surface area (Å²) in [5, 5.41) is 9.17. The normalized spacial score (nSPS) is 17.6. The van der Waals surface area contributed by atoms with E-state index in [4.69, 9.17) is 0 Å². The van der Waals surface area contributed by atoms with Crippen LogP contribution < -0.4 is 0 Å². The molecular formula is C10H17OS+. The third-order valence-electron chi connectivity index (χ3n) is 2.16. The first-order valence-corrected chi connectivity index (χ1v) is 6.10. The maximum Gasteiger partial charge on any atom is 0.132 e. The molecule has 1 aliphatic rings. The van der Waals surface area contributed by atoms with Crippen LogP contribution in [-0.2, 0) is 10.9 Å². The van der Waals surface area contributed by atoms with Crippen LogP contribution in [0.25, 0.3) is 0 Å². The molecule has 1 rings (SSSR count). The van der Waals surface area contributed by atoms with Crippen molar-refractivity contribution >= 4 is 10.9 Å². The van der Waals surface area contributed by atoms with Gasteiger partial charge in [0.25, 0.3) is 0 Å². The molecule has 0 aliphatic heterocycles. The number of allylic oxidation sites excluding steroid dienone is 4. The molecule has 2 heteroatoms. The first-order chi connectivity index (χ1) is 5.77. The SMILES string of the molecule is CC[S+](CC)C1=CC=C(O)CC1. The summed E-state index contributed by atoms with van der Waals surface area (Å²) in [5.41, 5.74) is 0. The van der Waals surface area contributed by atoms with Gasteiger partial charge in [-0.25, -0.2) is 0 Å². The van der Waals surface area contributed by atoms with Crippen molar-refractivity contribution in [2.24, 2.45) is 0 Å². The highest BCUT2D eigenvalue weighted by atomic mass is 32.2. The van der Waals surface area contributed by atoms with Gasteiger partial charge in [-0.2, -0.15) is 0 Å². The zero-order valence-electron chi connectivity index (χ0n) is 7.84. The Balaban J connectivity index is 2.63. The molecule has 0 aromatic heterocycles. The van der Waals surface area contributed by atoms with Crippen LogP contribution in [-0.4, -0.2) is 16.6 Å². The van der Waals surface area contributed by atoms with E-state index < -0.39 is 0 Å². The second kappa shape index (κ2) is 4.61. The summed E-state index contributed by atoms with van der Waals surface area (Å²) in [6, 6.07) is 0. The third-order valence-corrected chi connectivity index (χ3v) is 4.63. The van der Waals surface area contributed by atoms with E-state index in [1.807, 2.05) is 6.08 Å². The van der Waals surface area contributed by atoms with Gasteiger partial charge in [0.15, 0.2) is 0 Å². The molecule has 1 N–H and O–H groups in total. The number of aliphatic hydroxyl groups is 1. The molecule has 0 atom stereocenters. The predicted octanol–water partition coefficient (Wildman–Crippen LogP) is 2.76. The second-order valence-electron chi connectivity index (χ2n) is 2.86. The molecule has 0 radical (unpaired) electrons. The Hall–Kier alpha value is -0.370. The van der Waals surface area contributed by atoms with E-state index in [2.05, 4.69) is 19.9 Å². The third kappa shape index (κ3) is 2.31. The molecule has 0 bridgehead atoms. The summed E-state index contributed by atoms with van der Waals surface area (Å²) in [6.07, 6.45) is 5.86. The molecule has 0 aromatic rings. The highest BCUT2D eigenvalue weighted by molar-refractivity contribution is 8.00. The van der Waals surface area contributed by atoms with Crippen molar-refractivity contribution in [2.45, 2.75) is 26.7 Å². The van der Waals surface area contributed by atoms with Gasteiger partial charge in [-0.1, -0.05) is 0 Å². The maximum atomic E-state index is 9.17. The summed E-state index contributed by atoms with van der Waals surface area (Å²) >= 11 is 0. The Kier molecular flexibility index (Phi) is 3.73. The zero-order chi connectivity index (χ0) is 8.97. The summed E-state index contributed by atoms with van der Waals surface area (Å²) in [4.78, 5) is 1.54. The number of hydrogen-bond acceptors (Lipinski definition) is 1. The minimum Gasteiger partial charge on any atom is -0.512 e. The Morgan fingerprint density at radius 1 is 1.25 bits per heavy atom. The molecule has 0 fully saturated rings. The molecule has 0 aromatic carbocycles. The van der Waals surface area contributed by atoms with Gasteiger partial charge in [0.1, 0.15) is 16.4 Å². The minimum absolute atomic E-state index is 0.466. The maximum absolute atomic E-state index is 9.17. The van der Waals surface area contributed by atoms with Crippen LogP contribution in [0.3, 0.4) is 0 Å². The molecule has 0 heterocycles. The second-order valence-corrected chi connectivity index (χ2v) is 5.53. The van der Waals surface area contributed by atoms with Crippen molar-refractivity contribution < 1.29 is 5.11 Å². The average Bonchev–Trinajstić information content (AvgIpc) is 2.10. The van der Waals surface area contributed by atoms with Crippen LogP contribution in [0.1, 0.15) is 26.7 Å². The molecule has 0 amide bonds. The number of hydrogen-bond donors (Lipinski definition) is 1. The first-order valence-electron chi connectivity index (χ1n) is 4.54. The van der Waals surface area contributed by atoms with Gasteiger partial charge in [0.2, 0.25) is 0 Å². The fourth-order valence-corrected chi connectivity index (χ4v) is 3.22. The number of rotatable bonds is 3. The van der Waals surface area contributed by atoms with Gasteiger partial charge in [0.05, 0.1) is 5.76 Å². The van der Waals surface area contributed by atoms with E-state index in [0.717, 1.165) is 12.8 Å². The molecule has 0 saturated carbocycles. The van der Waals surface area contributed by atoms with E-state index in [0.29, 0.717) is 16.7 Å². The monoisotopic (exact) mass is 185 g/mol. The lowest BCUT2D eigenvalue weighted by Gasteiger charge is -2.10. The lowest BCUT2D eigenvalue weighted by Crippen LogP contribution is -2.12. The fraction of sp³-hybridized carbons (Fsp3) is 0.600. The van der Waals surface area contributed by atoms with Crippen LogP contribution >= 0.6 is 0 Å². The zero-order valence-corrected chi connectivity index (χ0v) is 8.66. The summed E-state index contributed by atoms with van der Waals surface area (Å²) in [7, 11) is 0.466. The highest BCUT2D eigenvalue weighted by Crippen LogP contribution is 2.23. The molecule has 0 unspecified atom stereocenters. The van der Waals surface area contributed by atoms with Crippen LogP contribution in [0.2, 0.25) is 0 Å². The lowest BCUT2D eigenvalue weighted by molar-refractivity contribution is 0.387. The van der Waals surface area contributed by atoms with Gasteiger partial charge in [-0.15, -0.1) is 0 Å². The highest BCUT2D eigenvalue weighted by Gasteiger charge is 2.21. The largest absolute Gasteiger partial charge is 0.512 e. The van der Waals surface area contributed by atoms with Gasteiger partial charge in [-0.3, -0.25) is 0 Å². The van der Waals surface area contributed by atoms with E-state index in [9.17, 15) is 5.11 Å². The van der Waals surface area contributed by atoms with Crippen molar-refractivity contribution in [1.29, 1.82) is 0 Å². The van der Waals surface area contributed by atoms with Gasteiger partial charge >= 0.3 is 0 Å². The lowest BCUT2D eigenvalue weighted by atomic mass is 10.2. The summed E-state index contributed by atoms with van der Waals surface area (Å²) < 4.78 is 0. The topological polar surface area (TPSA) is 20.2 Å². The van der Waals surface area contributed by atoms with Gasteiger partial charge < -0.3 is 5.11 Å². The van der Waals surface area contributed by atoms with Crippen LogP contribution in [0.15, 0.2) is 22.8 Å². The van der Waals surface area contributed by atoms with Crippen LogP contribution in [0.5, 0.6) is 0 Å². The van der Waals surface area contributed by atoms with E-state index in [-0.39, 0.29) is 0 Å². The van der Waals surface area contributed by atoms with E-state index >= 15 is 0 Å². The molecule has 12 heavy (non-hydrogen) atoms. The van der Waals surface area contributed by atoms with Crippen LogP contribution in [0, 0.1) is 0 Å². The van der Waals surface area contributed by atoms with Crippen LogP contribution in [0.4, 0.5) is 0 Å². The predicted molar refractivity (Wildman–Crippen MR) is 56.5 cm³/mol. The summed E-state index contributed by atoms with van der Waals surface area (Å²) in [6.45, 7) is 4.48. The Bertz CT molecular complexity index is 202. The smallest absolute Gasteiger partial charge is 0.132 e. The van der Waals surface area contributed by atoms with Crippen molar-refractivity contribution in [2.75, 3.05) is 11.5 Å². The summed E-state index contributed by atoms with van der Waals surface area (Å²) in [5.74, 6) is 3.03. The van der Waals surface area contributed by atoms with E-state index in [1.54, 1.807) is 0 Å². The first kappa shape index (κ1) is 9.72. The number of aliphatic hydroxyl groups excluding tert-OH is 1. The molecule has 0 saturated heterocycles. The molecule has 1 aliphatic carbocycles. The Morgan fingerprint density at radius 2 is 1.92 bits per heavy atom. The van der Waals surface area contributed by atoms with E-state index in [1.165, 1.54) is 16.4 Å². The fourth-order valence-electron chi connectivity index (χ4n) is 1.42. The molecular weight excluding hydrogens is 168 g/mol. The quantitative estimate of drug-likeness (QED) is 0.670. The Labute approximate surface area is 77.5 Å².